The fourth-order valence-corrected chi connectivity index (χ4v) is 4.30. The topological polar surface area (TPSA) is 130 Å². The highest BCUT2D eigenvalue weighted by molar-refractivity contribution is 6.10. The SMILES string of the molecule is COc1ccc2c(c1)C(=O)N(CC1(C#Cc3nc(-c4cccc(O)c4)ccc3OC)NC(=O)NC1=O)C2. The fourth-order valence-electron chi connectivity index (χ4n) is 4.30. The molecule has 1 saturated heterocycles. The monoisotopic (exact) mass is 498 g/mol. The minimum atomic E-state index is -1.70. The van der Waals surface area contributed by atoms with Crippen molar-refractivity contribution in [3.05, 3.63) is 71.4 Å². The van der Waals surface area contributed by atoms with Crippen LogP contribution in [-0.2, 0) is 11.3 Å². The maximum Gasteiger partial charge on any atom is 0.323 e. The molecule has 1 fully saturated rings. The highest BCUT2D eigenvalue weighted by Gasteiger charge is 2.48. The summed E-state index contributed by atoms with van der Waals surface area (Å²) < 4.78 is 10.6. The number of hydrogen-bond donors (Lipinski definition) is 3. The van der Waals surface area contributed by atoms with Crippen LogP contribution in [0.1, 0.15) is 21.6 Å². The van der Waals surface area contributed by atoms with Crippen LogP contribution in [0, 0.1) is 11.8 Å². The standard InChI is InChI=1S/C27H22N4O6/c1-36-19-7-6-17-14-31(24(33)20(17)13-19)15-27(25(34)29-26(35)30-27)11-10-22-23(37-2)9-8-21(28-22)16-4-3-5-18(32)12-16/h3-9,12-13,32H,14-15H2,1-2H3,(H2,29,30,34,35). The number of carbonyl (C=O) groups excluding carboxylic acids is 3. The van der Waals surface area contributed by atoms with Crippen molar-refractivity contribution < 1.29 is 29.0 Å². The number of pyridine rings is 1. The molecule has 1 unspecified atom stereocenters. The lowest BCUT2D eigenvalue weighted by atomic mass is 9.99. The zero-order chi connectivity index (χ0) is 26.2. The molecule has 10 heteroatoms. The number of aromatic hydroxyl groups is 1. The molecular formula is C27H22N4O6. The molecule has 0 bridgehead atoms. The maximum absolute atomic E-state index is 13.1. The Kier molecular flexibility index (Phi) is 5.89. The number of imide groups is 1. The molecule has 2 aromatic carbocycles. The van der Waals surface area contributed by atoms with E-state index in [4.69, 9.17) is 9.47 Å². The van der Waals surface area contributed by atoms with E-state index in [1.54, 1.807) is 54.6 Å². The second kappa shape index (κ2) is 9.20. The summed E-state index contributed by atoms with van der Waals surface area (Å²) in [4.78, 5) is 44.2. The molecule has 0 spiro atoms. The van der Waals surface area contributed by atoms with Gasteiger partial charge in [0.25, 0.3) is 11.8 Å². The number of urea groups is 1. The molecule has 3 N–H and O–H groups in total. The summed E-state index contributed by atoms with van der Waals surface area (Å²) in [5.41, 5.74) is 0.942. The van der Waals surface area contributed by atoms with Crippen molar-refractivity contribution >= 4 is 17.8 Å². The van der Waals surface area contributed by atoms with Crippen LogP contribution < -0.4 is 20.1 Å². The summed E-state index contributed by atoms with van der Waals surface area (Å²) in [5.74, 6) is 5.73. The molecule has 1 atom stereocenters. The molecule has 3 heterocycles. The first kappa shape index (κ1) is 23.7. The van der Waals surface area contributed by atoms with E-state index in [1.165, 1.54) is 19.1 Å². The lowest BCUT2D eigenvalue weighted by Gasteiger charge is -2.26. The van der Waals surface area contributed by atoms with E-state index in [0.717, 1.165) is 5.56 Å². The first-order chi connectivity index (χ1) is 17.8. The zero-order valence-electron chi connectivity index (χ0n) is 20.0. The van der Waals surface area contributed by atoms with E-state index in [9.17, 15) is 19.5 Å². The van der Waals surface area contributed by atoms with Gasteiger partial charge in [-0.15, -0.1) is 0 Å². The Hall–Kier alpha value is -5.04. The summed E-state index contributed by atoms with van der Waals surface area (Å²) >= 11 is 0. The van der Waals surface area contributed by atoms with Gasteiger partial charge in [-0.2, -0.15) is 0 Å². The summed E-state index contributed by atoms with van der Waals surface area (Å²) in [6, 6.07) is 14.4. The smallest absolute Gasteiger partial charge is 0.323 e. The van der Waals surface area contributed by atoms with Crippen molar-refractivity contribution in [3.63, 3.8) is 0 Å². The Morgan fingerprint density at radius 2 is 1.92 bits per heavy atom. The molecule has 1 aromatic heterocycles. The summed E-state index contributed by atoms with van der Waals surface area (Å²) in [7, 11) is 2.98. The average molecular weight is 498 g/mol. The third-order valence-electron chi connectivity index (χ3n) is 6.18. The van der Waals surface area contributed by atoms with E-state index < -0.39 is 17.5 Å². The van der Waals surface area contributed by atoms with Crippen LogP contribution in [0.3, 0.4) is 0 Å². The Balaban J connectivity index is 1.50. The third kappa shape index (κ3) is 4.38. The first-order valence-electron chi connectivity index (χ1n) is 11.3. The van der Waals surface area contributed by atoms with Crippen molar-refractivity contribution in [1.82, 2.24) is 20.5 Å². The van der Waals surface area contributed by atoms with Gasteiger partial charge in [-0.3, -0.25) is 14.9 Å². The number of hydrogen-bond acceptors (Lipinski definition) is 7. The largest absolute Gasteiger partial charge is 0.508 e. The third-order valence-corrected chi connectivity index (χ3v) is 6.18. The van der Waals surface area contributed by atoms with Crippen LogP contribution in [0.2, 0.25) is 0 Å². The van der Waals surface area contributed by atoms with E-state index in [0.29, 0.717) is 28.3 Å². The van der Waals surface area contributed by atoms with Crippen LogP contribution in [0.25, 0.3) is 11.3 Å². The molecule has 5 rings (SSSR count). The van der Waals surface area contributed by atoms with Gasteiger partial charge in [0, 0.05) is 17.7 Å². The van der Waals surface area contributed by atoms with Gasteiger partial charge in [0.1, 0.15) is 11.5 Å². The van der Waals surface area contributed by atoms with Gasteiger partial charge in [0.05, 0.1) is 26.5 Å². The van der Waals surface area contributed by atoms with E-state index in [1.807, 2.05) is 0 Å². The van der Waals surface area contributed by atoms with Gasteiger partial charge < -0.3 is 24.8 Å². The summed E-state index contributed by atoms with van der Waals surface area (Å²) in [6.45, 7) is 0.0707. The van der Waals surface area contributed by atoms with Crippen molar-refractivity contribution in [2.45, 2.75) is 12.1 Å². The van der Waals surface area contributed by atoms with E-state index in [-0.39, 0.29) is 30.4 Å². The minimum absolute atomic E-state index is 0.0842. The van der Waals surface area contributed by atoms with Gasteiger partial charge in [0.2, 0.25) is 5.54 Å². The molecule has 2 aliphatic heterocycles. The van der Waals surface area contributed by atoms with E-state index >= 15 is 0 Å². The lowest BCUT2D eigenvalue weighted by Crippen LogP contribution is -2.54. The molecule has 186 valence electrons. The van der Waals surface area contributed by atoms with Gasteiger partial charge in [0.15, 0.2) is 11.4 Å². The number of amides is 4. The number of fused-ring (bicyclic) bond motifs is 1. The Labute approximate surface area is 212 Å². The number of phenolic OH excluding ortho intramolecular Hbond substituents is 1. The molecule has 2 aliphatic rings. The maximum atomic E-state index is 13.1. The van der Waals surface area contributed by atoms with Crippen molar-refractivity contribution in [3.8, 4) is 40.3 Å². The lowest BCUT2D eigenvalue weighted by molar-refractivity contribution is -0.122. The summed E-state index contributed by atoms with van der Waals surface area (Å²) in [6.07, 6.45) is 0. The number of carbonyl (C=O) groups is 3. The predicted octanol–water partition coefficient (Wildman–Crippen LogP) is 2.06. The van der Waals surface area contributed by atoms with Crippen LogP contribution in [0.4, 0.5) is 4.79 Å². The second-order valence-corrected chi connectivity index (χ2v) is 8.55. The Morgan fingerprint density at radius 3 is 2.62 bits per heavy atom. The van der Waals surface area contributed by atoms with Crippen molar-refractivity contribution in [2.75, 3.05) is 20.8 Å². The fraction of sp³-hybridized carbons (Fsp3) is 0.185. The number of nitrogens with zero attached hydrogens (tertiary/aromatic N) is 2. The van der Waals surface area contributed by atoms with Gasteiger partial charge >= 0.3 is 6.03 Å². The second-order valence-electron chi connectivity index (χ2n) is 8.55. The van der Waals surface area contributed by atoms with Crippen LogP contribution in [0.15, 0.2) is 54.6 Å². The summed E-state index contributed by atoms with van der Waals surface area (Å²) in [5, 5.41) is 14.6. The Morgan fingerprint density at radius 1 is 1.08 bits per heavy atom. The number of ether oxygens (including phenoxy) is 2. The molecule has 0 aliphatic carbocycles. The predicted molar refractivity (Wildman–Crippen MR) is 132 cm³/mol. The number of rotatable bonds is 5. The Bertz CT molecular complexity index is 1510. The number of benzene rings is 2. The zero-order valence-corrected chi connectivity index (χ0v) is 20.0. The quantitative estimate of drug-likeness (QED) is 0.363. The number of methoxy groups -OCH3 is 2. The molecule has 10 nitrogen and oxygen atoms in total. The molecule has 0 radical (unpaired) electrons. The number of aromatic nitrogens is 1. The number of nitrogens with one attached hydrogen (secondary N) is 2. The molecule has 3 aromatic rings. The molecule has 0 saturated carbocycles. The minimum Gasteiger partial charge on any atom is -0.508 e. The van der Waals surface area contributed by atoms with Crippen LogP contribution in [0.5, 0.6) is 17.2 Å². The van der Waals surface area contributed by atoms with Crippen molar-refractivity contribution in [2.24, 2.45) is 0 Å². The van der Waals surface area contributed by atoms with Crippen LogP contribution >= 0.6 is 0 Å². The van der Waals surface area contributed by atoms with Gasteiger partial charge in [-0.05, 0) is 47.9 Å². The molecule has 4 amide bonds. The van der Waals surface area contributed by atoms with Gasteiger partial charge in [-0.1, -0.05) is 24.1 Å². The van der Waals surface area contributed by atoms with E-state index in [2.05, 4.69) is 27.5 Å². The molecule has 37 heavy (non-hydrogen) atoms. The van der Waals surface area contributed by atoms with Crippen molar-refractivity contribution in [1.29, 1.82) is 0 Å². The average Bonchev–Trinajstić information content (AvgIpc) is 3.36. The normalized spacial score (nSPS) is 18.0. The highest BCUT2D eigenvalue weighted by atomic mass is 16.5. The molecular weight excluding hydrogens is 476 g/mol. The highest BCUT2D eigenvalue weighted by Crippen LogP contribution is 2.29. The van der Waals surface area contributed by atoms with Crippen LogP contribution in [-0.4, -0.2) is 59.1 Å². The van der Waals surface area contributed by atoms with Gasteiger partial charge in [-0.25, -0.2) is 9.78 Å². The first-order valence-corrected chi connectivity index (χ1v) is 11.3. The number of phenols is 1.